The third-order valence-electron chi connectivity index (χ3n) is 4.83. The van der Waals surface area contributed by atoms with Crippen molar-refractivity contribution >= 4 is 27.4 Å². The van der Waals surface area contributed by atoms with Crippen molar-refractivity contribution in [2.24, 2.45) is 0 Å². The summed E-state index contributed by atoms with van der Waals surface area (Å²) in [4.78, 5) is 18.1. The Morgan fingerprint density at radius 1 is 1.45 bits per heavy atom. The van der Waals surface area contributed by atoms with E-state index in [-0.39, 0.29) is 11.9 Å². The largest absolute Gasteiger partial charge is 0.488 e. The van der Waals surface area contributed by atoms with Crippen LogP contribution in [0.2, 0.25) is 0 Å². The fraction of sp³-hybridized carbons (Fsp3) is 0.318. The number of rotatable bonds is 8. The molecule has 1 aromatic carbocycles. The van der Waals surface area contributed by atoms with E-state index in [9.17, 15) is 10.1 Å². The highest BCUT2D eigenvalue weighted by molar-refractivity contribution is 9.10. The molecule has 1 unspecified atom stereocenters. The number of benzene rings is 1. The summed E-state index contributed by atoms with van der Waals surface area (Å²) in [7, 11) is 0. The van der Waals surface area contributed by atoms with Crippen LogP contribution in [0.25, 0.3) is 5.65 Å². The number of carbonyl (C=O) groups is 1. The third kappa shape index (κ3) is 4.04. The minimum Gasteiger partial charge on any atom is -0.488 e. The molecule has 148 valence electrons. The molecular formula is C22H20BrN3O3. The zero-order chi connectivity index (χ0) is 20.4. The number of hydrogen-bond donors (Lipinski definition) is 0. The Bertz CT molecular complexity index is 1110. The normalized spacial score (nSPS) is 15.3. The van der Waals surface area contributed by atoms with Gasteiger partial charge in [0.25, 0.3) is 0 Å². The van der Waals surface area contributed by atoms with E-state index in [4.69, 9.17) is 9.47 Å². The van der Waals surface area contributed by atoms with E-state index in [0.29, 0.717) is 40.3 Å². The van der Waals surface area contributed by atoms with Gasteiger partial charge in [-0.3, -0.25) is 9.20 Å². The molecule has 7 heteroatoms. The van der Waals surface area contributed by atoms with Gasteiger partial charge >= 0.3 is 0 Å². The van der Waals surface area contributed by atoms with Gasteiger partial charge in [-0.1, -0.05) is 19.4 Å². The second-order valence-corrected chi connectivity index (χ2v) is 7.84. The van der Waals surface area contributed by atoms with Crippen molar-refractivity contribution in [3.05, 3.63) is 63.5 Å². The topological polar surface area (TPSA) is 79.9 Å². The second kappa shape index (κ2) is 8.36. The number of carbonyl (C=O) groups excluding carboxylic acids is 1. The van der Waals surface area contributed by atoms with Gasteiger partial charge in [-0.15, -0.1) is 0 Å². The van der Waals surface area contributed by atoms with E-state index in [2.05, 4.69) is 33.9 Å². The van der Waals surface area contributed by atoms with E-state index in [1.165, 1.54) is 0 Å². The van der Waals surface area contributed by atoms with Crippen molar-refractivity contribution in [2.45, 2.75) is 32.3 Å². The lowest BCUT2D eigenvalue weighted by atomic mass is 10.0. The number of aryl methyl sites for hydroxylation is 1. The molecule has 3 aromatic rings. The molecular weight excluding hydrogens is 434 g/mol. The number of halogens is 1. The number of epoxide rings is 1. The highest BCUT2D eigenvalue weighted by atomic mass is 79.9. The molecule has 4 rings (SSSR count). The molecule has 0 spiro atoms. The zero-order valence-electron chi connectivity index (χ0n) is 16.0. The van der Waals surface area contributed by atoms with Crippen molar-refractivity contribution in [2.75, 3.05) is 13.2 Å². The number of ketones is 1. The first-order valence-electron chi connectivity index (χ1n) is 9.61. The maximum Gasteiger partial charge on any atom is 0.211 e. The lowest BCUT2D eigenvalue weighted by Gasteiger charge is -2.11. The monoisotopic (exact) mass is 453 g/mol. The van der Waals surface area contributed by atoms with Gasteiger partial charge in [0.05, 0.1) is 22.3 Å². The standard InChI is InChI=1S/C22H20BrN3O3/c1-2-3-6-18-20(26-8-5-4-7-19(26)25-18)21(27)14-9-15(11-24)22(17(23)10-14)29-13-16-12-28-16/h4-5,7-10,16H,2-3,6,12-13H2,1H3. The van der Waals surface area contributed by atoms with E-state index in [1.807, 2.05) is 28.8 Å². The quantitative estimate of drug-likeness (QED) is 0.374. The van der Waals surface area contributed by atoms with Gasteiger partial charge in [0, 0.05) is 11.8 Å². The molecule has 2 aromatic heterocycles. The molecule has 6 nitrogen and oxygen atoms in total. The van der Waals surface area contributed by atoms with Crippen LogP contribution in [0.1, 0.15) is 47.1 Å². The Hall–Kier alpha value is -2.69. The molecule has 0 amide bonds. The van der Waals surface area contributed by atoms with Crippen LogP contribution in [0.3, 0.4) is 0 Å². The van der Waals surface area contributed by atoms with Crippen molar-refractivity contribution in [1.82, 2.24) is 9.38 Å². The van der Waals surface area contributed by atoms with Crippen molar-refractivity contribution in [1.29, 1.82) is 5.26 Å². The maximum atomic E-state index is 13.5. The minimum atomic E-state index is -0.163. The van der Waals surface area contributed by atoms with E-state index < -0.39 is 0 Å². The Balaban J connectivity index is 1.74. The predicted octanol–water partition coefficient (Wildman–Crippen LogP) is 4.32. The molecule has 1 aliphatic rings. The molecule has 0 saturated carbocycles. The number of fused-ring (bicyclic) bond motifs is 1. The Morgan fingerprint density at radius 3 is 3.00 bits per heavy atom. The van der Waals surface area contributed by atoms with Crippen molar-refractivity contribution in [3.63, 3.8) is 0 Å². The molecule has 1 saturated heterocycles. The molecule has 3 heterocycles. The maximum absolute atomic E-state index is 13.5. The highest BCUT2D eigenvalue weighted by Crippen LogP contribution is 2.32. The minimum absolute atomic E-state index is 0.0778. The fourth-order valence-electron chi connectivity index (χ4n) is 3.24. The molecule has 0 radical (unpaired) electrons. The number of nitriles is 1. The lowest BCUT2D eigenvalue weighted by Crippen LogP contribution is -2.10. The highest BCUT2D eigenvalue weighted by Gasteiger charge is 2.26. The number of nitrogens with zero attached hydrogens (tertiary/aromatic N) is 3. The first-order valence-corrected chi connectivity index (χ1v) is 10.4. The molecule has 1 aliphatic heterocycles. The van der Waals surface area contributed by atoms with Crippen LogP contribution in [-0.2, 0) is 11.2 Å². The van der Waals surface area contributed by atoms with Gasteiger partial charge in [-0.2, -0.15) is 5.26 Å². The zero-order valence-corrected chi connectivity index (χ0v) is 17.6. The van der Waals surface area contributed by atoms with Crippen LogP contribution >= 0.6 is 15.9 Å². The summed E-state index contributed by atoms with van der Waals surface area (Å²) in [6.45, 7) is 3.17. The number of aromatic nitrogens is 2. The molecule has 1 atom stereocenters. The van der Waals surface area contributed by atoms with Gasteiger partial charge in [0.1, 0.15) is 30.1 Å². The van der Waals surface area contributed by atoms with Crippen molar-refractivity contribution < 1.29 is 14.3 Å². The van der Waals surface area contributed by atoms with Gasteiger partial charge < -0.3 is 9.47 Å². The smallest absolute Gasteiger partial charge is 0.211 e. The average Bonchev–Trinajstić information content (AvgIpc) is 3.49. The summed E-state index contributed by atoms with van der Waals surface area (Å²) in [6.07, 6.45) is 4.62. The van der Waals surface area contributed by atoms with Crippen molar-refractivity contribution in [3.8, 4) is 11.8 Å². The number of pyridine rings is 1. The van der Waals surface area contributed by atoms with E-state index in [1.54, 1.807) is 12.1 Å². The van der Waals surface area contributed by atoms with Crippen LogP contribution in [-0.4, -0.2) is 34.5 Å². The Kier molecular flexibility index (Phi) is 5.65. The number of imidazole rings is 1. The molecule has 29 heavy (non-hydrogen) atoms. The van der Waals surface area contributed by atoms with Gasteiger partial charge in [0.15, 0.2) is 5.75 Å². The van der Waals surface area contributed by atoms with Gasteiger partial charge in [-0.25, -0.2) is 4.98 Å². The summed E-state index contributed by atoms with van der Waals surface area (Å²) in [5.74, 6) is 0.271. The van der Waals surface area contributed by atoms with Gasteiger partial charge in [0.2, 0.25) is 5.78 Å². The average molecular weight is 454 g/mol. The molecule has 0 aliphatic carbocycles. The number of ether oxygens (including phenoxy) is 2. The Labute approximate surface area is 177 Å². The van der Waals surface area contributed by atoms with Crippen LogP contribution < -0.4 is 4.74 Å². The summed E-state index contributed by atoms with van der Waals surface area (Å²) in [6, 6.07) is 11.1. The summed E-state index contributed by atoms with van der Waals surface area (Å²) in [5, 5.41) is 9.59. The Morgan fingerprint density at radius 2 is 2.28 bits per heavy atom. The summed E-state index contributed by atoms with van der Waals surface area (Å²) < 4.78 is 13.3. The SMILES string of the molecule is CCCCc1nc2ccccn2c1C(=O)c1cc(Br)c(OCC2CO2)c(C#N)c1. The third-order valence-corrected chi connectivity index (χ3v) is 5.42. The van der Waals surface area contributed by atoms with Crippen LogP contribution in [0.4, 0.5) is 0 Å². The number of unbranched alkanes of at least 4 members (excludes halogenated alkanes) is 1. The first kappa shape index (κ1) is 19.6. The lowest BCUT2D eigenvalue weighted by molar-refractivity contribution is 0.103. The van der Waals surface area contributed by atoms with Crippen LogP contribution in [0, 0.1) is 11.3 Å². The first-order chi connectivity index (χ1) is 14.1. The van der Waals surface area contributed by atoms with Crippen LogP contribution in [0.5, 0.6) is 5.75 Å². The molecule has 0 N–H and O–H groups in total. The summed E-state index contributed by atoms with van der Waals surface area (Å²) >= 11 is 3.46. The number of hydrogen-bond acceptors (Lipinski definition) is 5. The molecule has 1 fully saturated rings. The predicted molar refractivity (Wildman–Crippen MR) is 111 cm³/mol. The van der Waals surface area contributed by atoms with Gasteiger partial charge in [-0.05, 0) is 53.0 Å². The van der Waals surface area contributed by atoms with E-state index >= 15 is 0 Å². The van der Waals surface area contributed by atoms with Crippen LogP contribution in [0.15, 0.2) is 41.0 Å². The fourth-order valence-corrected chi connectivity index (χ4v) is 3.81. The molecule has 0 bridgehead atoms. The van der Waals surface area contributed by atoms with E-state index in [0.717, 1.165) is 30.6 Å². The second-order valence-electron chi connectivity index (χ2n) is 6.98. The summed E-state index contributed by atoms with van der Waals surface area (Å²) in [5.41, 5.74) is 2.80.